The molecule has 0 aliphatic rings. The summed E-state index contributed by atoms with van der Waals surface area (Å²) in [6.07, 6.45) is -2.83. The van der Waals surface area contributed by atoms with E-state index in [1.807, 2.05) is 11.4 Å². The highest BCUT2D eigenvalue weighted by molar-refractivity contribution is 7.12. The number of amides is 1. The standard InChI is InChI=1S/C14H9ClF3N3OS/c15-11-3-7-1-8(4-19-12(7)21-11)9-2-10(23-5-9)13(22)20-6-14(16,17)18/h1-5H,6H2,(H,19,21)(H,20,22). The Labute approximate surface area is 137 Å². The van der Waals surface area contributed by atoms with Crippen molar-refractivity contribution >= 4 is 39.9 Å². The van der Waals surface area contributed by atoms with Gasteiger partial charge in [0.25, 0.3) is 5.91 Å². The predicted molar refractivity (Wildman–Crippen MR) is 82.8 cm³/mol. The molecule has 3 rings (SSSR count). The zero-order chi connectivity index (χ0) is 16.6. The van der Waals surface area contributed by atoms with Gasteiger partial charge in [-0.05, 0) is 29.1 Å². The molecule has 0 spiro atoms. The van der Waals surface area contributed by atoms with E-state index in [0.29, 0.717) is 16.4 Å². The number of carbonyl (C=O) groups is 1. The van der Waals surface area contributed by atoms with E-state index in [0.717, 1.165) is 22.3 Å². The van der Waals surface area contributed by atoms with E-state index in [1.54, 1.807) is 17.6 Å². The smallest absolute Gasteiger partial charge is 0.342 e. The summed E-state index contributed by atoms with van der Waals surface area (Å²) in [5, 5.41) is 4.81. The lowest BCUT2D eigenvalue weighted by Crippen LogP contribution is -2.33. The Morgan fingerprint density at radius 3 is 2.83 bits per heavy atom. The normalized spacial score (nSPS) is 11.8. The Kier molecular flexibility index (Phi) is 4.03. The average Bonchev–Trinajstić information content (AvgIpc) is 3.08. The second-order valence-electron chi connectivity index (χ2n) is 4.78. The molecule has 120 valence electrons. The number of aromatic amines is 1. The molecule has 23 heavy (non-hydrogen) atoms. The average molecular weight is 360 g/mol. The number of nitrogens with one attached hydrogen (secondary N) is 2. The van der Waals surface area contributed by atoms with E-state index in [9.17, 15) is 18.0 Å². The molecule has 0 aliphatic heterocycles. The number of hydrogen-bond acceptors (Lipinski definition) is 3. The van der Waals surface area contributed by atoms with Crippen molar-refractivity contribution in [3.8, 4) is 11.1 Å². The number of aromatic nitrogens is 2. The van der Waals surface area contributed by atoms with E-state index in [2.05, 4.69) is 9.97 Å². The third-order valence-corrected chi connectivity index (χ3v) is 4.18. The first-order valence-electron chi connectivity index (χ1n) is 6.40. The number of hydrogen-bond donors (Lipinski definition) is 2. The number of carbonyl (C=O) groups excluding carboxylic acids is 1. The third-order valence-electron chi connectivity index (χ3n) is 3.04. The first-order valence-corrected chi connectivity index (χ1v) is 7.66. The van der Waals surface area contributed by atoms with Crippen molar-refractivity contribution in [2.24, 2.45) is 0 Å². The van der Waals surface area contributed by atoms with Crippen molar-refractivity contribution in [1.82, 2.24) is 15.3 Å². The summed E-state index contributed by atoms with van der Waals surface area (Å²) >= 11 is 6.93. The molecule has 4 nitrogen and oxygen atoms in total. The second kappa shape index (κ2) is 5.86. The maximum atomic E-state index is 12.1. The van der Waals surface area contributed by atoms with Crippen LogP contribution in [0.2, 0.25) is 5.15 Å². The Balaban J connectivity index is 1.81. The van der Waals surface area contributed by atoms with Gasteiger partial charge in [0.1, 0.15) is 17.3 Å². The Hall–Kier alpha value is -2.06. The van der Waals surface area contributed by atoms with Gasteiger partial charge < -0.3 is 10.3 Å². The highest BCUT2D eigenvalue weighted by Gasteiger charge is 2.28. The van der Waals surface area contributed by atoms with Gasteiger partial charge in [-0.25, -0.2) is 4.98 Å². The SMILES string of the molecule is O=C(NCC(F)(F)F)c1cc(-c2cnc3[nH]c(Cl)cc3c2)cs1. The predicted octanol–water partition coefficient (Wildman–Crippen LogP) is 4.24. The van der Waals surface area contributed by atoms with Crippen molar-refractivity contribution in [3.05, 3.63) is 39.8 Å². The van der Waals surface area contributed by atoms with Crippen molar-refractivity contribution in [3.63, 3.8) is 0 Å². The fourth-order valence-corrected chi connectivity index (χ4v) is 3.05. The Morgan fingerprint density at radius 2 is 2.09 bits per heavy atom. The lowest BCUT2D eigenvalue weighted by atomic mass is 10.1. The minimum absolute atomic E-state index is 0.205. The van der Waals surface area contributed by atoms with Crippen LogP contribution < -0.4 is 5.32 Å². The molecule has 0 aromatic carbocycles. The molecule has 0 radical (unpaired) electrons. The van der Waals surface area contributed by atoms with Crippen LogP contribution in [0.4, 0.5) is 13.2 Å². The van der Waals surface area contributed by atoms with Crippen LogP contribution in [0.15, 0.2) is 29.8 Å². The summed E-state index contributed by atoms with van der Waals surface area (Å²) in [6, 6.07) is 5.09. The summed E-state index contributed by atoms with van der Waals surface area (Å²) in [5.41, 5.74) is 2.09. The van der Waals surface area contributed by atoms with Gasteiger partial charge in [-0.15, -0.1) is 11.3 Å². The van der Waals surface area contributed by atoms with Crippen LogP contribution in [0.3, 0.4) is 0 Å². The van der Waals surface area contributed by atoms with Gasteiger partial charge in [0.05, 0.1) is 4.88 Å². The fourth-order valence-electron chi connectivity index (χ4n) is 2.01. The maximum absolute atomic E-state index is 12.1. The quantitative estimate of drug-likeness (QED) is 0.735. The number of fused-ring (bicyclic) bond motifs is 1. The number of halogens is 4. The van der Waals surface area contributed by atoms with Crippen LogP contribution in [0.5, 0.6) is 0 Å². The van der Waals surface area contributed by atoms with E-state index in [-0.39, 0.29) is 4.88 Å². The molecule has 0 unspecified atom stereocenters. The molecule has 0 saturated heterocycles. The molecule has 2 N–H and O–H groups in total. The van der Waals surface area contributed by atoms with E-state index in [1.165, 1.54) is 6.07 Å². The molecule has 3 aromatic heterocycles. The lowest BCUT2D eigenvalue weighted by molar-refractivity contribution is -0.123. The zero-order valence-electron chi connectivity index (χ0n) is 11.4. The molecule has 0 atom stereocenters. The van der Waals surface area contributed by atoms with Crippen LogP contribution in [-0.4, -0.2) is 28.6 Å². The molecule has 3 heterocycles. The number of pyridine rings is 1. The monoisotopic (exact) mass is 359 g/mol. The molecule has 0 bridgehead atoms. The number of thiophene rings is 1. The Bertz CT molecular complexity index is 872. The van der Waals surface area contributed by atoms with Gasteiger partial charge in [0, 0.05) is 17.1 Å². The maximum Gasteiger partial charge on any atom is 0.405 e. The minimum Gasteiger partial charge on any atom is -0.342 e. The van der Waals surface area contributed by atoms with Gasteiger partial charge in [0.15, 0.2) is 0 Å². The van der Waals surface area contributed by atoms with Crippen LogP contribution in [0, 0.1) is 0 Å². The fraction of sp³-hybridized carbons (Fsp3) is 0.143. The first kappa shape index (κ1) is 15.8. The van der Waals surface area contributed by atoms with Gasteiger partial charge in [0.2, 0.25) is 0 Å². The molecular weight excluding hydrogens is 351 g/mol. The van der Waals surface area contributed by atoms with Gasteiger partial charge >= 0.3 is 6.18 Å². The van der Waals surface area contributed by atoms with Crippen LogP contribution in [-0.2, 0) is 0 Å². The summed E-state index contributed by atoms with van der Waals surface area (Å²) in [6.45, 7) is -1.35. The molecule has 9 heteroatoms. The Morgan fingerprint density at radius 1 is 1.30 bits per heavy atom. The van der Waals surface area contributed by atoms with E-state index in [4.69, 9.17) is 11.6 Å². The van der Waals surface area contributed by atoms with Crippen molar-refractivity contribution in [2.45, 2.75) is 6.18 Å². The summed E-state index contributed by atoms with van der Waals surface area (Å²) < 4.78 is 36.4. The number of alkyl halides is 3. The van der Waals surface area contributed by atoms with Gasteiger partial charge in [-0.3, -0.25) is 4.79 Å². The van der Waals surface area contributed by atoms with Crippen LogP contribution >= 0.6 is 22.9 Å². The largest absolute Gasteiger partial charge is 0.405 e. The second-order valence-corrected chi connectivity index (χ2v) is 6.10. The lowest BCUT2D eigenvalue weighted by Gasteiger charge is -2.06. The van der Waals surface area contributed by atoms with Crippen molar-refractivity contribution in [2.75, 3.05) is 6.54 Å². The topological polar surface area (TPSA) is 57.8 Å². The zero-order valence-corrected chi connectivity index (χ0v) is 12.9. The van der Waals surface area contributed by atoms with Gasteiger partial charge in [-0.1, -0.05) is 11.6 Å². The van der Waals surface area contributed by atoms with Crippen LogP contribution in [0.25, 0.3) is 22.2 Å². The van der Waals surface area contributed by atoms with E-state index < -0.39 is 18.6 Å². The third kappa shape index (κ3) is 3.65. The first-order chi connectivity index (χ1) is 10.8. The van der Waals surface area contributed by atoms with Gasteiger partial charge in [-0.2, -0.15) is 13.2 Å². The molecular formula is C14H9ClF3N3OS. The highest BCUT2D eigenvalue weighted by atomic mass is 35.5. The summed E-state index contributed by atoms with van der Waals surface area (Å²) in [4.78, 5) is 19.0. The van der Waals surface area contributed by atoms with Crippen molar-refractivity contribution < 1.29 is 18.0 Å². The number of nitrogens with zero attached hydrogens (tertiary/aromatic N) is 1. The molecule has 0 aliphatic carbocycles. The number of H-pyrrole nitrogens is 1. The minimum atomic E-state index is -4.43. The molecule has 3 aromatic rings. The highest BCUT2D eigenvalue weighted by Crippen LogP contribution is 2.28. The summed E-state index contributed by atoms with van der Waals surface area (Å²) in [5.74, 6) is -0.752. The number of rotatable bonds is 3. The molecule has 1 amide bonds. The summed E-state index contributed by atoms with van der Waals surface area (Å²) in [7, 11) is 0. The molecule has 0 fully saturated rings. The van der Waals surface area contributed by atoms with E-state index >= 15 is 0 Å². The molecule has 0 saturated carbocycles. The van der Waals surface area contributed by atoms with Crippen LogP contribution in [0.1, 0.15) is 9.67 Å². The van der Waals surface area contributed by atoms with Crippen molar-refractivity contribution in [1.29, 1.82) is 0 Å².